The van der Waals surface area contributed by atoms with Crippen molar-refractivity contribution in [2.75, 3.05) is 26.5 Å². The van der Waals surface area contributed by atoms with E-state index in [1.54, 1.807) is 26.2 Å². The van der Waals surface area contributed by atoms with Crippen molar-refractivity contribution in [3.63, 3.8) is 0 Å². The Bertz CT molecular complexity index is 1580. The number of rotatable bonds is 13. The van der Waals surface area contributed by atoms with Crippen molar-refractivity contribution < 1.29 is 23.5 Å². The van der Waals surface area contributed by atoms with Gasteiger partial charge in [0.05, 0.1) is 31.1 Å². The summed E-state index contributed by atoms with van der Waals surface area (Å²) in [7, 11) is 4.42. The number of carbonyl (C=O) groups is 3. The Balaban J connectivity index is 1.93. The number of pyridine rings is 2. The quantitative estimate of drug-likeness (QED) is 0.249. The monoisotopic (exact) mass is 611 g/mol. The van der Waals surface area contributed by atoms with Gasteiger partial charge < -0.3 is 29.8 Å². The number of imidazole rings is 1. The molecule has 3 amide bonds. The predicted octanol–water partition coefficient (Wildman–Crippen LogP) is 3.79. The average Bonchev–Trinajstić information content (AvgIpc) is 3.39. The molecule has 3 N–H and O–H groups in total. The molecule has 0 aliphatic heterocycles. The number of ether oxygens (including phenoxy) is 1. The topological polar surface area (TPSA) is 151 Å². The number of carbonyl (C=O) groups excluding carboxylic acids is 3. The number of H-pyrrole nitrogens is 1. The molecule has 44 heavy (non-hydrogen) atoms. The van der Waals surface area contributed by atoms with E-state index >= 15 is 0 Å². The van der Waals surface area contributed by atoms with Gasteiger partial charge in [0.2, 0.25) is 11.8 Å². The Morgan fingerprint density at radius 2 is 1.84 bits per heavy atom. The summed E-state index contributed by atoms with van der Waals surface area (Å²) < 4.78 is 20.8. The van der Waals surface area contributed by atoms with Crippen LogP contribution < -0.4 is 16.2 Å². The van der Waals surface area contributed by atoms with E-state index in [0.717, 1.165) is 6.20 Å². The van der Waals surface area contributed by atoms with Crippen LogP contribution in [0.1, 0.15) is 57.7 Å². The molecule has 238 valence electrons. The highest BCUT2D eigenvalue weighted by Gasteiger charge is 2.23. The summed E-state index contributed by atoms with van der Waals surface area (Å²) in [5, 5.41) is 5.12. The van der Waals surface area contributed by atoms with Crippen molar-refractivity contribution in [3.05, 3.63) is 63.9 Å². The summed E-state index contributed by atoms with van der Waals surface area (Å²) >= 11 is 0. The number of likely N-dealkylation sites (N-methyl/N-ethyl adjacent to an activating group) is 1. The lowest BCUT2D eigenvalue weighted by atomic mass is 10.1. The molecule has 12 nitrogen and oxygen atoms in total. The smallest absolute Gasteiger partial charge is 0.407 e. The summed E-state index contributed by atoms with van der Waals surface area (Å²) in [5.74, 6) is -0.519. The first-order valence-corrected chi connectivity index (χ1v) is 14.6. The van der Waals surface area contributed by atoms with Crippen LogP contribution in [-0.2, 0) is 33.7 Å². The molecule has 0 spiro atoms. The van der Waals surface area contributed by atoms with Crippen LogP contribution in [0.2, 0.25) is 0 Å². The lowest BCUT2D eigenvalue weighted by Crippen LogP contribution is -2.44. The Morgan fingerprint density at radius 3 is 2.48 bits per heavy atom. The molecular formula is C31H42FN7O5. The predicted molar refractivity (Wildman–Crippen MR) is 166 cm³/mol. The van der Waals surface area contributed by atoms with Gasteiger partial charge >= 0.3 is 6.09 Å². The minimum absolute atomic E-state index is 0.00181. The van der Waals surface area contributed by atoms with Gasteiger partial charge in [-0.2, -0.15) is 0 Å². The third kappa shape index (κ3) is 8.98. The van der Waals surface area contributed by atoms with E-state index in [1.807, 2.05) is 27.7 Å². The zero-order valence-electron chi connectivity index (χ0n) is 26.4. The van der Waals surface area contributed by atoms with Crippen molar-refractivity contribution in [2.24, 2.45) is 11.8 Å². The zero-order chi connectivity index (χ0) is 32.6. The van der Waals surface area contributed by atoms with Crippen LogP contribution in [0.25, 0.3) is 11.0 Å². The third-order valence-electron chi connectivity index (χ3n) is 6.77. The molecule has 0 unspecified atom stereocenters. The van der Waals surface area contributed by atoms with E-state index in [2.05, 4.69) is 30.3 Å². The highest BCUT2D eigenvalue weighted by atomic mass is 19.1. The molecular weight excluding hydrogens is 569 g/mol. The Morgan fingerprint density at radius 1 is 1.14 bits per heavy atom. The fourth-order valence-electron chi connectivity index (χ4n) is 4.60. The molecule has 0 fully saturated rings. The number of methoxy groups -OCH3 is 1. The van der Waals surface area contributed by atoms with Crippen LogP contribution in [0, 0.1) is 17.7 Å². The maximum atomic E-state index is 14.6. The first kappa shape index (κ1) is 33.9. The number of aromatic amines is 1. The van der Waals surface area contributed by atoms with E-state index in [4.69, 9.17) is 0 Å². The molecule has 3 aromatic rings. The molecule has 0 bridgehead atoms. The van der Waals surface area contributed by atoms with Gasteiger partial charge in [-0.25, -0.2) is 14.2 Å². The summed E-state index contributed by atoms with van der Waals surface area (Å²) in [4.78, 5) is 64.1. The number of aromatic nitrogens is 4. The number of anilines is 1. The fraction of sp³-hybridized carbons (Fsp3) is 0.484. The standard InChI is InChI=1S/C31H42FN7O5/c1-18(2)14-20-12-13-23(34-29(41)22(35-31(43)44-7)10-8-9-11-26(40)38(5)6)30(42)39(20)17-25-36-27-21(32)16-33-24(15-19(3)4)28(27)37-25/h9,11-13,16,18-19,22H,8,10,14-15,17H2,1-7H3,(H,34,41)(H,35,43)(H,36,37)/b11-9+/t22-/m0/s1. The third-order valence-corrected chi connectivity index (χ3v) is 6.77. The normalized spacial score (nSPS) is 12.2. The van der Waals surface area contributed by atoms with E-state index in [0.29, 0.717) is 42.0 Å². The Labute approximate surface area is 256 Å². The van der Waals surface area contributed by atoms with E-state index < -0.39 is 29.4 Å². The summed E-state index contributed by atoms with van der Waals surface area (Å²) in [6, 6.07) is 2.24. The maximum absolute atomic E-state index is 14.6. The van der Waals surface area contributed by atoms with Gasteiger partial charge in [-0.05, 0) is 55.7 Å². The molecule has 0 radical (unpaired) electrons. The minimum atomic E-state index is -1.05. The van der Waals surface area contributed by atoms with Gasteiger partial charge in [0.15, 0.2) is 5.82 Å². The van der Waals surface area contributed by atoms with Gasteiger partial charge in [0.25, 0.3) is 5.56 Å². The lowest BCUT2D eigenvalue weighted by Gasteiger charge is -2.19. The second-order valence-electron chi connectivity index (χ2n) is 11.7. The number of hydrogen-bond donors (Lipinski definition) is 3. The highest BCUT2D eigenvalue weighted by molar-refractivity contribution is 5.96. The van der Waals surface area contributed by atoms with Crippen molar-refractivity contribution in [1.29, 1.82) is 0 Å². The van der Waals surface area contributed by atoms with Gasteiger partial charge in [0, 0.05) is 19.8 Å². The molecule has 3 aromatic heterocycles. The second-order valence-corrected chi connectivity index (χ2v) is 11.7. The molecule has 0 aromatic carbocycles. The zero-order valence-corrected chi connectivity index (χ0v) is 26.4. The Kier molecular flexibility index (Phi) is 11.8. The molecule has 13 heteroatoms. The molecule has 3 rings (SSSR count). The van der Waals surface area contributed by atoms with Gasteiger partial charge in [-0.15, -0.1) is 0 Å². The van der Waals surface area contributed by atoms with E-state index in [9.17, 15) is 23.6 Å². The van der Waals surface area contributed by atoms with Crippen molar-refractivity contribution >= 4 is 34.6 Å². The van der Waals surface area contributed by atoms with Crippen LogP contribution in [0.5, 0.6) is 0 Å². The van der Waals surface area contributed by atoms with Crippen LogP contribution in [0.15, 0.2) is 35.3 Å². The summed E-state index contributed by atoms with van der Waals surface area (Å²) in [6.07, 6.45) is 4.98. The van der Waals surface area contributed by atoms with Crippen molar-refractivity contribution in [1.82, 2.24) is 29.7 Å². The molecule has 1 atom stereocenters. The van der Waals surface area contributed by atoms with Crippen LogP contribution in [0.3, 0.4) is 0 Å². The second kappa shape index (κ2) is 15.3. The van der Waals surface area contributed by atoms with E-state index in [1.165, 1.54) is 28.7 Å². The summed E-state index contributed by atoms with van der Waals surface area (Å²) in [6.45, 7) is 8.14. The molecule has 0 aliphatic carbocycles. The molecule has 0 saturated heterocycles. The number of hydrogen-bond acceptors (Lipinski definition) is 7. The average molecular weight is 612 g/mol. The minimum Gasteiger partial charge on any atom is -0.453 e. The molecule has 3 heterocycles. The van der Waals surface area contributed by atoms with Gasteiger partial charge in [0.1, 0.15) is 23.1 Å². The summed E-state index contributed by atoms with van der Waals surface area (Å²) in [5.41, 5.74) is 1.58. The molecule has 0 saturated carbocycles. The van der Waals surface area contributed by atoms with Crippen molar-refractivity contribution in [2.45, 2.75) is 66.0 Å². The first-order chi connectivity index (χ1) is 20.8. The van der Waals surface area contributed by atoms with Crippen LogP contribution in [0.4, 0.5) is 14.9 Å². The van der Waals surface area contributed by atoms with Gasteiger partial charge in [-0.1, -0.05) is 33.8 Å². The number of fused-ring (bicyclic) bond motifs is 1. The van der Waals surface area contributed by atoms with Crippen LogP contribution >= 0.6 is 0 Å². The SMILES string of the molecule is COC(=O)N[C@@H](CC/C=C/C(=O)N(C)C)C(=O)Nc1ccc(CC(C)C)n(Cc2nc3c(F)cnc(CC(C)C)c3[nH]2)c1=O. The lowest BCUT2D eigenvalue weighted by molar-refractivity contribution is -0.123. The largest absolute Gasteiger partial charge is 0.453 e. The van der Waals surface area contributed by atoms with Crippen molar-refractivity contribution in [3.8, 4) is 0 Å². The maximum Gasteiger partial charge on any atom is 0.407 e. The highest BCUT2D eigenvalue weighted by Crippen LogP contribution is 2.21. The van der Waals surface area contributed by atoms with Crippen LogP contribution in [-0.4, -0.2) is 69.6 Å². The number of allylic oxidation sites excluding steroid dienone is 1. The number of alkyl carbamates (subject to hydrolysis) is 1. The first-order valence-electron chi connectivity index (χ1n) is 14.6. The van der Waals surface area contributed by atoms with E-state index in [-0.39, 0.29) is 41.9 Å². The number of halogens is 1. The molecule has 0 aliphatic rings. The Hall–Kier alpha value is -4.55. The fourth-order valence-corrected chi connectivity index (χ4v) is 4.60. The number of nitrogens with one attached hydrogen (secondary N) is 3. The number of nitrogens with zero attached hydrogens (tertiary/aromatic N) is 4. The van der Waals surface area contributed by atoms with Gasteiger partial charge in [-0.3, -0.25) is 19.4 Å². The number of amides is 3.